The van der Waals surface area contributed by atoms with Gasteiger partial charge in [0, 0.05) is 13.6 Å². The first-order chi connectivity index (χ1) is 10.3. The number of nitrogens with one attached hydrogen (secondary N) is 1. The molecule has 0 spiro atoms. The first kappa shape index (κ1) is 17.6. The van der Waals surface area contributed by atoms with Gasteiger partial charge in [-0.2, -0.15) is 5.26 Å². The number of benzene rings is 1. The lowest BCUT2D eigenvalue weighted by Crippen LogP contribution is -2.28. The van der Waals surface area contributed by atoms with Crippen molar-refractivity contribution in [1.29, 1.82) is 5.26 Å². The van der Waals surface area contributed by atoms with Gasteiger partial charge in [0.05, 0.1) is 18.7 Å². The van der Waals surface area contributed by atoms with E-state index in [9.17, 15) is 9.90 Å². The van der Waals surface area contributed by atoms with E-state index in [4.69, 9.17) is 10.00 Å². The van der Waals surface area contributed by atoms with E-state index in [0.29, 0.717) is 12.2 Å². The maximum Gasteiger partial charge on any atom is 0.407 e. The van der Waals surface area contributed by atoms with Gasteiger partial charge < -0.3 is 15.2 Å². The molecule has 5 nitrogen and oxygen atoms in total. The second-order valence-electron chi connectivity index (χ2n) is 5.95. The minimum absolute atomic E-state index is 0.0721. The number of carbonyl (C=O) groups excluding carboxylic acids is 1. The molecular formula is C16H20N2O3Si. The zero-order chi connectivity index (χ0) is 16.6. The SMILES string of the molecule is C[Si](C)(C)CCOC(=O)NCC#Cc1ccc(O)c(C#N)c1. The molecule has 0 bridgehead atoms. The highest BCUT2D eigenvalue weighted by atomic mass is 28.3. The number of aromatic hydroxyl groups is 1. The average molecular weight is 316 g/mol. The van der Waals surface area contributed by atoms with E-state index < -0.39 is 14.2 Å². The highest BCUT2D eigenvalue weighted by molar-refractivity contribution is 6.76. The molecule has 1 amide bonds. The monoisotopic (exact) mass is 316 g/mol. The average Bonchev–Trinajstić information content (AvgIpc) is 2.43. The van der Waals surface area contributed by atoms with Crippen LogP contribution in [0.1, 0.15) is 11.1 Å². The Kier molecular flexibility index (Phi) is 6.49. The quantitative estimate of drug-likeness (QED) is 0.661. The number of hydrogen-bond donors (Lipinski definition) is 2. The van der Waals surface area contributed by atoms with Gasteiger partial charge in [-0.3, -0.25) is 0 Å². The van der Waals surface area contributed by atoms with E-state index in [2.05, 4.69) is 36.8 Å². The van der Waals surface area contributed by atoms with Gasteiger partial charge in [-0.05, 0) is 24.2 Å². The number of amides is 1. The molecule has 22 heavy (non-hydrogen) atoms. The largest absolute Gasteiger partial charge is 0.507 e. The van der Waals surface area contributed by atoms with E-state index in [1.807, 2.05) is 6.07 Å². The summed E-state index contributed by atoms with van der Waals surface area (Å²) in [6, 6.07) is 7.32. The summed E-state index contributed by atoms with van der Waals surface area (Å²) in [7, 11) is -1.20. The predicted octanol–water partition coefficient (Wildman–Crippen LogP) is 2.68. The van der Waals surface area contributed by atoms with Gasteiger partial charge in [0.15, 0.2) is 0 Å². The Morgan fingerprint density at radius 1 is 1.41 bits per heavy atom. The van der Waals surface area contributed by atoms with Crippen LogP contribution in [0.3, 0.4) is 0 Å². The third-order valence-electron chi connectivity index (χ3n) is 2.76. The maximum absolute atomic E-state index is 11.4. The molecule has 0 aliphatic heterocycles. The van der Waals surface area contributed by atoms with Crippen molar-refractivity contribution >= 4 is 14.2 Å². The fourth-order valence-electron chi connectivity index (χ4n) is 1.47. The third-order valence-corrected chi connectivity index (χ3v) is 4.46. The van der Waals surface area contributed by atoms with Gasteiger partial charge in [0.25, 0.3) is 0 Å². The third kappa shape index (κ3) is 6.82. The van der Waals surface area contributed by atoms with Crippen molar-refractivity contribution in [2.24, 2.45) is 0 Å². The van der Waals surface area contributed by atoms with Crippen LogP contribution < -0.4 is 5.32 Å². The zero-order valence-corrected chi connectivity index (χ0v) is 14.1. The van der Waals surface area contributed by atoms with Crippen LogP contribution in [0.4, 0.5) is 4.79 Å². The van der Waals surface area contributed by atoms with Gasteiger partial charge in [-0.25, -0.2) is 4.79 Å². The summed E-state index contributed by atoms with van der Waals surface area (Å²) in [4.78, 5) is 11.4. The van der Waals surface area contributed by atoms with Crippen molar-refractivity contribution < 1.29 is 14.6 Å². The number of phenolic OH excluding ortho intramolecular Hbond substituents is 1. The molecule has 2 N–H and O–H groups in total. The van der Waals surface area contributed by atoms with Gasteiger partial charge >= 0.3 is 6.09 Å². The fourth-order valence-corrected chi connectivity index (χ4v) is 2.18. The van der Waals surface area contributed by atoms with Crippen LogP contribution in [-0.2, 0) is 4.74 Å². The Balaban J connectivity index is 2.39. The summed E-state index contributed by atoms with van der Waals surface area (Å²) >= 11 is 0. The van der Waals surface area contributed by atoms with Gasteiger partial charge in [-0.1, -0.05) is 31.5 Å². The van der Waals surface area contributed by atoms with E-state index in [1.165, 1.54) is 12.1 Å². The first-order valence-corrected chi connectivity index (χ1v) is 10.6. The molecular weight excluding hydrogens is 296 g/mol. The first-order valence-electron chi connectivity index (χ1n) is 6.94. The molecule has 6 heteroatoms. The van der Waals surface area contributed by atoms with Crippen LogP contribution in [-0.4, -0.2) is 32.4 Å². The normalized spacial score (nSPS) is 10.1. The molecule has 0 atom stereocenters. The number of ether oxygens (including phenoxy) is 1. The van der Waals surface area contributed by atoms with Crippen molar-refractivity contribution in [3.63, 3.8) is 0 Å². The van der Waals surface area contributed by atoms with Gasteiger partial charge in [0.1, 0.15) is 11.8 Å². The molecule has 1 rings (SSSR count). The molecule has 1 aromatic carbocycles. The van der Waals surface area contributed by atoms with E-state index >= 15 is 0 Å². The van der Waals surface area contributed by atoms with Crippen LogP contribution in [0.5, 0.6) is 5.75 Å². The Bertz CT molecular complexity index is 634. The maximum atomic E-state index is 11.4. The van der Waals surface area contributed by atoms with Crippen molar-refractivity contribution in [3.8, 4) is 23.7 Å². The zero-order valence-electron chi connectivity index (χ0n) is 13.1. The molecule has 0 saturated carbocycles. The van der Waals surface area contributed by atoms with Crippen LogP contribution >= 0.6 is 0 Å². The highest BCUT2D eigenvalue weighted by Crippen LogP contribution is 2.16. The number of alkyl carbamates (subject to hydrolysis) is 1. The van der Waals surface area contributed by atoms with Crippen LogP contribution in [0.2, 0.25) is 25.7 Å². The summed E-state index contributed by atoms with van der Waals surface area (Å²) < 4.78 is 5.06. The molecule has 0 radical (unpaired) electrons. The number of nitrogens with zero attached hydrogens (tertiary/aromatic N) is 1. The topological polar surface area (TPSA) is 82.3 Å². The second-order valence-corrected chi connectivity index (χ2v) is 11.6. The number of rotatable bonds is 4. The van der Waals surface area contributed by atoms with E-state index in [1.54, 1.807) is 6.07 Å². The number of hydrogen-bond acceptors (Lipinski definition) is 4. The summed E-state index contributed by atoms with van der Waals surface area (Å²) in [6.07, 6.45) is -0.476. The Morgan fingerprint density at radius 3 is 2.77 bits per heavy atom. The molecule has 0 aliphatic rings. The number of phenols is 1. The Hall–Kier alpha value is -2.44. The molecule has 0 saturated heterocycles. The summed E-state index contributed by atoms with van der Waals surface area (Å²) in [5.74, 6) is 5.50. The van der Waals surface area contributed by atoms with Crippen LogP contribution in [0.15, 0.2) is 18.2 Å². The van der Waals surface area contributed by atoms with E-state index in [0.717, 1.165) is 6.04 Å². The lowest BCUT2D eigenvalue weighted by atomic mass is 10.1. The molecule has 0 fully saturated rings. The molecule has 0 heterocycles. The molecule has 0 aromatic heterocycles. The second kappa shape index (κ2) is 8.11. The number of carbonyl (C=O) groups is 1. The molecule has 0 aliphatic carbocycles. The molecule has 1 aromatic rings. The summed E-state index contributed by atoms with van der Waals surface area (Å²) in [5.41, 5.74) is 0.772. The summed E-state index contributed by atoms with van der Waals surface area (Å²) in [6.45, 7) is 7.24. The van der Waals surface area contributed by atoms with Gasteiger partial charge in [-0.15, -0.1) is 0 Å². The van der Waals surface area contributed by atoms with Crippen LogP contribution in [0.25, 0.3) is 0 Å². The van der Waals surface area contributed by atoms with Crippen molar-refractivity contribution in [2.45, 2.75) is 25.7 Å². The fraction of sp³-hybridized carbons (Fsp3) is 0.375. The highest BCUT2D eigenvalue weighted by Gasteiger charge is 2.13. The smallest absolute Gasteiger partial charge is 0.407 e. The predicted molar refractivity (Wildman–Crippen MR) is 87.2 cm³/mol. The molecule has 0 unspecified atom stereocenters. The minimum atomic E-state index is -1.20. The van der Waals surface area contributed by atoms with E-state index in [-0.39, 0.29) is 17.9 Å². The van der Waals surface area contributed by atoms with Crippen LogP contribution in [0, 0.1) is 23.2 Å². The Morgan fingerprint density at radius 2 is 2.14 bits per heavy atom. The summed E-state index contributed by atoms with van der Waals surface area (Å²) in [5, 5.41) is 20.7. The standard InChI is InChI=1S/C16H20N2O3Si/c1-22(2,3)10-9-21-16(20)18-8-4-5-13-6-7-15(19)14(11-13)12-17/h6-7,11,19H,8-10H2,1-3H3,(H,18,20). The lowest BCUT2D eigenvalue weighted by Gasteiger charge is -2.15. The van der Waals surface area contributed by atoms with Crippen molar-refractivity contribution in [2.75, 3.05) is 13.2 Å². The van der Waals surface area contributed by atoms with Crippen molar-refractivity contribution in [3.05, 3.63) is 29.3 Å². The Labute approximate surface area is 131 Å². The lowest BCUT2D eigenvalue weighted by molar-refractivity contribution is 0.153. The number of nitriles is 1. The molecule has 116 valence electrons. The van der Waals surface area contributed by atoms with Gasteiger partial charge in [0.2, 0.25) is 0 Å². The minimum Gasteiger partial charge on any atom is -0.507 e. The van der Waals surface area contributed by atoms with Crippen molar-refractivity contribution in [1.82, 2.24) is 5.32 Å².